The normalized spacial score (nSPS) is 11.2. The van der Waals surface area contributed by atoms with Gasteiger partial charge in [-0.2, -0.15) is 0 Å². The van der Waals surface area contributed by atoms with E-state index in [4.69, 9.17) is 16.6 Å². The largest absolute Gasteiger partial charge is 0.296 e. The van der Waals surface area contributed by atoms with E-state index in [0.29, 0.717) is 5.88 Å². The molecule has 0 spiro atoms. The Bertz CT molecular complexity index is 759. The zero-order valence-electron chi connectivity index (χ0n) is 11.7. The van der Waals surface area contributed by atoms with Gasteiger partial charge >= 0.3 is 0 Å². The Morgan fingerprint density at radius 2 is 1.90 bits per heavy atom. The van der Waals surface area contributed by atoms with Crippen LogP contribution < -0.4 is 0 Å². The first kappa shape index (κ1) is 13.2. The second-order valence-corrected chi connectivity index (χ2v) is 5.46. The van der Waals surface area contributed by atoms with Gasteiger partial charge in [-0.25, -0.2) is 4.98 Å². The first-order valence-corrected chi connectivity index (χ1v) is 7.34. The molecule has 0 saturated heterocycles. The lowest BCUT2D eigenvalue weighted by Gasteiger charge is -2.12. The molecule has 0 aliphatic carbocycles. The second-order valence-electron chi connectivity index (χ2n) is 5.08. The number of hydrogen-bond donors (Lipinski definition) is 0. The van der Waals surface area contributed by atoms with Crippen LogP contribution in [-0.2, 0) is 6.42 Å². The topological polar surface area (TPSA) is 17.8 Å². The van der Waals surface area contributed by atoms with Crippen LogP contribution in [0.1, 0.15) is 17.0 Å². The van der Waals surface area contributed by atoms with Crippen LogP contribution in [0.25, 0.3) is 16.7 Å². The number of rotatable bonds is 3. The van der Waals surface area contributed by atoms with Crippen molar-refractivity contribution in [3.8, 4) is 5.69 Å². The smallest absolute Gasteiger partial charge is 0.115 e. The zero-order chi connectivity index (χ0) is 14.1. The summed E-state index contributed by atoms with van der Waals surface area (Å²) in [5.74, 6) is 1.60. The van der Waals surface area contributed by atoms with E-state index in [1.165, 1.54) is 16.8 Å². The number of aryl methyl sites for hydroxylation is 3. The molecule has 0 unspecified atom stereocenters. The first-order valence-electron chi connectivity index (χ1n) is 6.80. The molecule has 0 radical (unpaired) electrons. The molecule has 0 atom stereocenters. The lowest BCUT2D eigenvalue weighted by atomic mass is 10.1. The van der Waals surface area contributed by atoms with Crippen molar-refractivity contribution < 1.29 is 0 Å². The SMILES string of the molecule is Cc1ccc(-n2c(CCCl)nc3ccccc32)c(C)c1. The maximum absolute atomic E-state index is 5.93. The molecule has 0 aliphatic heterocycles. The van der Waals surface area contributed by atoms with Crippen LogP contribution in [0.4, 0.5) is 0 Å². The molecule has 2 aromatic carbocycles. The first-order chi connectivity index (χ1) is 9.70. The Hall–Kier alpha value is -1.80. The predicted octanol–water partition coefficient (Wildman–Crippen LogP) is 4.42. The van der Waals surface area contributed by atoms with E-state index in [-0.39, 0.29) is 0 Å². The van der Waals surface area contributed by atoms with Crippen LogP contribution in [0, 0.1) is 13.8 Å². The van der Waals surface area contributed by atoms with Crippen LogP contribution >= 0.6 is 11.6 Å². The van der Waals surface area contributed by atoms with Crippen molar-refractivity contribution in [2.75, 3.05) is 5.88 Å². The molecular formula is C17H17ClN2. The van der Waals surface area contributed by atoms with Gasteiger partial charge in [-0.3, -0.25) is 4.57 Å². The van der Waals surface area contributed by atoms with E-state index in [9.17, 15) is 0 Å². The molecule has 0 amide bonds. The molecule has 3 aromatic rings. The molecule has 0 fully saturated rings. The molecular weight excluding hydrogens is 268 g/mol. The van der Waals surface area contributed by atoms with Crippen molar-refractivity contribution in [2.45, 2.75) is 20.3 Å². The minimum absolute atomic E-state index is 0.578. The predicted molar refractivity (Wildman–Crippen MR) is 85.0 cm³/mol. The van der Waals surface area contributed by atoms with Gasteiger partial charge in [0.1, 0.15) is 5.82 Å². The zero-order valence-corrected chi connectivity index (χ0v) is 12.5. The van der Waals surface area contributed by atoms with Gasteiger partial charge in [0, 0.05) is 12.3 Å². The monoisotopic (exact) mass is 284 g/mol. The second kappa shape index (κ2) is 5.29. The minimum atomic E-state index is 0.578. The average molecular weight is 285 g/mol. The van der Waals surface area contributed by atoms with Crippen molar-refractivity contribution in [1.82, 2.24) is 9.55 Å². The summed E-state index contributed by atoms with van der Waals surface area (Å²) in [6, 6.07) is 14.7. The maximum Gasteiger partial charge on any atom is 0.115 e. The summed E-state index contributed by atoms with van der Waals surface area (Å²) < 4.78 is 2.23. The fourth-order valence-corrected chi connectivity index (χ4v) is 2.82. The van der Waals surface area contributed by atoms with E-state index in [1.54, 1.807) is 0 Å². The Kier molecular flexibility index (Phi) is 3.49. The van der Waals surface area contributed by atoms with Gasteiger partial charge in [-0.15, -0.1) is 11.6 Å². The van der Waals surface area contributed by atoms with Gasteiger partial charge in [-0.05, 0) is 37.6 Å². The third kappa shape index (κ3) is 2.20. The number of fused-ring (bicyclic) bond motifs is 1. The van der Waals surface area contributed by atoms with Gasteiger partial charge in [0.05, 0.1) is 16.7 Å². The standard InChI is InChI=1S/C17H17ClN2/c1-12-7-8-15(13(2)11-12)20-16-6-4-3-5-14(16)19-17(20)9-10-18/h3-8,11H,9-10H2,1-2H3. The van der Waals surface area contributed by atoms with E-state index in [1.807, 2.05) is 12.1 Å². The highest BCUT2D eigenvalue weighted by Crippen LogP contribution is 2.24. The Morgan fingerprint density at radius 1 is 1.10 bits per heavy atom. The number of hydrogen-bond acceptors (Lipinski definition) is 1. The lowest BCUT2D eigenvalue weighted by molar-refractivity contribution is 0.906. The van der Waals surface area contributed by atoms with Crippen LogP contribution in [0.3, 0.4) is 0 Å². The molecule has 3 heteroatoms. The van der Waals surface area contributed by atoms with Crippen LogP contribution in [-0.4, -0.2) is 15.4 Å². The third-order valence-corrected chi connectivity index (χ3v) is 3.73. The Balaban J connectivity index is 2.30. The summed E-state index contributed by atoms with van der Waals surface area (Å²) in [5, 5.41) is 0. The summed E-state index contributed by atoms with van der Waals surface area (Å²) >= 11 is 5.93. The summed E-state index contributed by atoms with van der Waals surface area (Å²) in [5.41, 5.74) is 5.87. The van der Waals surface area contributed by atoms with Gasteiger partial charge in [0.15, 0.2) is 0 Å². The number of benzene rings is 2. The summed E-state index contributed by atoms with van der Waals surface area (Å²) in [7, 11) is 0. The fourth-order valence-electron chi connectivity index (χ4n) is 2.65. The van der Waals surface area contributed by atoms with E-state index in [0.717, 1.165) is 23.3 Å². The van der Waals surface area contributed by atoms with Crippen molar-refractivity contribution in [2.24, 2.45) is 0 Å². The number of aromatic nitrogens is 2. The van der Waals surface area contributed by atoms with Gasteiger partial charge in [0.2, 0.25) is 0 Å². The quantitative estimate of drug-likeness (QED) is 0.651. The van der Waals surface area contributed by atoms with Crippen molar-refractivity contribution >= 4 is 22.6 Å². The van der Waals surface area contributed by atoms with E-state index >= 15 is 0 Å². The number of halogens is 1. The fraction of sp³-hybridized carbons (Fsp3) is 0.235. The molecule has 1 aromatic heterocycles. The summed E-state index contributed by atoms with van der Waals surface area (Å²) in [6.07, 6.45) is 0.767. The molecule has 0 bridgehead atoms. The molecule has 0 saturated carbocycles. The van der Waals surface area contributed by atoms with E-state index in [2.05, 4.69) is 48.7 Å². The number of para-hydroxylation sites is 2. The molecule has 0 N–H and O–H groups in total. The molecule has 102 valence electrons. The molecule has 20 heavy (non-hydrogen) atoms. The molecule has 2 nitrogen and oxygen atoms in total. The molecule has 0 aliphatic rings. The summed E-state index contributed by atoms with van der Waals surface area (Å²) in [4.78, 5) is 4.72. The maximum atomic E-state index is 5.93. The highest BCUT2D eigenvalue weighted by molar-refractivity contribution is 6.17. The highest BCUT2D eigenvalue weighted by atomic mass is 35.5. The Morgan fingerprint density at radius 3 is 2.65 bits per heavy atom. The van der Waals surface area contributed by atoms with Gasteiger partial charge < -0.3 is 0 Å². The molecule has 1 heterocycles. The van der Waals surface area contributed by atoms with Crippen LogP contribution in [0.2, 0.25) is 0 Å². The average Bonchev–Trinajstić information content (AvgIpc) is 2.78. The summed E-state index contributed by atoms with van der Waals surface area (Å²) in [6.45, 7) is 4.25. The lowest BCUT2D eigenvalue weighted by Crippen LogP contribution is -2.04. The minimum Gasteiger partial charge on any atom is -0.296 e. The Labute approximate surface area is 124 Å². The van der Waals surface area contributed by atoms with Gasteiger partial charge in [0.25, 0.3) is 0 Å². The van der Waals surface area contributed by atoms with Crippen LogP contribution in [0.15, 0.2) is 42.5 Å². The van der Waals surface area contributed by atoms with Crippen molar-refractivity contribution in [3.63, 3.8) is 0 Å². The van der Waals surface area contributed by atoms with Crippen LogP contribution in [0.5, 0.6) is 0 Å². The third-order valence-electron chi connectivity index (χ3n) is 3.54. The number of alkyl halides is 1. The number of nitrogens with zero attached hydrogens (tertiary/aromatic N) is 2. The van der Waals surface area contributed by atoms with Crippen molar-refractivity contribution in [1.29, 1.82) is 0 Å². The highest BCUT2D eigenvalue weighted by Gasteiger charge is 2.13. The van der Waals surface area contributed by atoms with Gasteiger partial charge in [-0.1, -0.05) is 29.8 Å². The van der Waals surface area contributed by atoms with E-state index < -0.39 is 0 Å². The number of imidazole rings is 1. The molecule has 3 rings (SSSR count). The van der Waals surface area contributed by atoms with Crippen molar-refractivity contribution in [3.05, 3.63) is 59.4 Å².